The van der Waals surface area contributed by atoms with Gasteiger partial charge in [0.1, 0.15) is 17.1 Å². The van der Waals surface area contributed by atoms with Gasteiger partial charge >= 0.3 is 12.1 Å². The lowest BCUT2D eigenvalue weighted by Crippen LogP contribution is -2.27. The molecule has 1 rings (SSSR count). The summed E-state index contributed by atoms with van der Waals surface area (Å²) in [5.74, 6) is 4.32. The summed E-state index contributed by atoms with van der Waals surface area (Å²) < 4.78 is 9.67. The van der Waals surface area contributed by atoms with Gasteiger partial charge in [0, 0.05) is 0 Å². The van der Waals surface area contributed by atoms with Gasteiger partial charge in [-0.3, -0.25) is 5.32 Å². The number of nitrogens with one attached hydrogen (secondary N) is 1. The number of hydrogen-bond acceptors (Lipinski definition) is 7. The topological polar surface area (TPSA) is 97.8 Å². The zero-order chi connectivity index (χ0) is 16.0. The van der Waals surface area contributed by atoms with Crippen LogP contribution in [0.1, 0.15) is 36.1 Å². The number of ether oxygens (including phenoxy) is 2. The summed E-state index contributed by atoms with van der Waals surface area (Å²) in [7, 11) is 1.21. The summed E-state index contributed by atoms with van der Waals surface area (Å²) in [5, 5.41) is 11.3. The van der Waals surface area contributed by atoms with Crippen molar-refractivity contribution >= 4 is 28.5 Å². The van der Waals surface area contributed by atoms with Crippen molar-refractivity contribution in [2.45, 2.75) is 26.4 Å². The highest BCUT2D eigenvalue weighted by Gasteiger charge is 2.21. The molecule has 0 unspecified atom stereocenters. The predicted molar refractivity (Wildman–Crippen MR) is 77.3 cm³/mol. The molecule has 0 aliphatic carbocycles. The molecule has 0 fully saturated rings. The molecule has 1 aromatic heterocycles. The molecule has 0 spiro atoms. The number of rotatable bonds is 2. The Morgan fingerprint density at radius 2 is 2.10 bits per heavy atom. The Hall–Kier alpha value is -2.11. The van der Waals surface area contributed by atoms with Crippen LogP contribution in [0.25, 0.3) is 0 Å². The molecular weight excluding hydrogens is 296 g/mol. The lowest BCUT2D eigenvalue weighted by atomic mass is 10.2. The molecule has 2 N–H and O–H groups in total. The normalized spacial score (nSPS) is 10.3. The minimum absolute atomic E-state index is 0.0190. The fraction of sp³-hybridized carbons (Fsp3) is 0.462. The van der Waals surface area contributed by atoms with E-state index in [-0.39, 0.29) is 17.4 Å². The summed E-state index contributed by atoms with van der Waals surface area (Å²) in [6.45, 7) is 4.83. The third-order valence-electron chi connectivity index (χ3n) is 1.89. The highest BCUT2D eigenvalue weighted by atomic mass is 32.1. The molecule has 114 valence electrons. The molecule has 0 saturated heterocycles. The number of nitrogens with zero attached hydrogens (tertiary/aromatic N) is 1. The molecule has 1 aromatic rings. The molecule has 0 atom stereocenters. The van der Waals surface area contributed by atoms with E-state index in [2.05, 4.69) is 26.9 Å². The number of esters is 1. The van der Waals surface area contributed by atoms with Gasteiger partial charge in [0.05, 0.1) is 7.11 Å². The Kier molecular flexibility index (Phi) is 5.69. The molecule has 1 heterocycles. The van der Waals surface area contributed by atoms with Crippen LogP contribution >= 0.6 is 11.3 Å². The van der Waals surface area contributed by atoms with Crippen molar-refractivity contribution in [1.82, 2.24) is 4.98 Å². The summed E-state index contributed by atoms with van der Waals surface area (Å²) in [4.78, 5) is 27.5. The first-order chi connectivity index (χ1) is 9.76. The molecule has 21 heavy (non-hydrogen) atoms. The van der Waals surface area contributed by atoms with Crippen molar-refractivity contribution in [3.05, 3.63) is 10.6 Å². The van der Waals surface area contributed by atoms with Gasteiger partial charge in [-0.2, -0.15) is 0 Å². The van der Waals surface area contributed by atoms with Crippen molar-refractivity contribution < 1.29 is 24.2 Å². The molecule has 0 aliphatic rings. The Balaban J connectivity index is 2.97. The Morgan fingerprint density at radius 3 is 2.62 bits per heavy atom. The summed E-state index contributed by atoms with van der Waals surface area (Å²) >= 11 is 0.989. The van der Waals surface area contributed by atoms with Crippen molar-refractivity contribution in [3.8, 4) is 11.8 Å². The first kappa shape index (κ1) is 16.9. The quantitative estimate of drug-likeness (QED) is 0.636. The van der Waals surface area contributed by atoms with Crippen LogP contribution in [0.4, 0.5) is 9.93 Å². The van der Waals surface area contributed by atoms with Gasteiger partial charge in [-0.1, -0.05) is 23.2 Å². The number of methoxy groups -OCH3 is 1. The molecule has 0 radical (unpaired) electrons. The van der Waals surface area contributed by atoms with Crippen molar-refractivity contribution in [1.29, 1.82) is 0 Å². The van der Waals surface area contributed by atoms with Crippen LogP contribution in [0.2, 0.25) is 0 Å². The van der Waals surface area contributed by atoms with E-state index in [0.717, 1.165) is 11.3 Å². The molecule has 0 saturated carbocycles. The lowest BCUT2D eigenvalue weighted by molar-refractivity contribution is 0.0590. The van der Waals surface area contributed by atoms with Crippen LogP contribution in [0.15, 0.2) is 0 Å². The van der Waals surface area contributed by atoms with E-state index < -0.39 is 17.7 Å². The minimum atomic E-state index is -0.686. The standard InChI is InChI=1S/C13H16N2O5S/c1-13(2,3)20-12(18)15-11-14-9(10(17)19-4)8(21-11)6-5-7-16/h16H,7H2,1-4H3,(H,14,15,18). The van der Waals surface area contributed by atoms with E-state index >= 15 is 0 Å². The van der Waals surface area contributed by atoms with Crippen molar-refractivity contribution in [2.75, 3.05) is 19.0 Å². The third-order valence-corrected chi connectivity index (χ3v) is 2.78. The van der Waals surface area contributed by atoms with Gasteiger partial charge < -0.3 is 14.6 Å². The van der Waals surface area contributed by atoms with Crippen molar-refractivity contribution in [3.63, 3.8) is 0 Å². The zero-order valence-corrected chi connectivity index (χ0v) is 13.0. The molecule has 1 amide bonds. The minimum Gasteiger partial charge on any atom is -0.464 e. The molecule has 7 nitrogen and oxygen atoms in total. The number of aliphatic hydroxyl groups is 1. The fourth-order valence-electron chi connectivity index (χ4n) is 1.20. The zero-order valence-electron chi connectivity index (χ0n) is 12.1. The number of carbonyl (C=O) groups excluding carboxylic acids is 2. The molecule has 8 heteroatoms. The highest BCUT2D eigenvalue weighted by Crippen LogP contribution is 2.23. The highest BCUT2D eigenvalue weighted by molar-refractivity contribution is 7.16. The van der Waals surface area contributed by atoms with Crippen molar-refractivity contribution in [2.24, 2.45) is 0 Å². The second-order valence-electron chi connectivity index (χ2n) is 4.78. The number of aromatic nitrogens is 1. The molecule has 0 bridgehead atoms. The maximum atomic E-state index is 11.6. The van der Waals surface area contributed by atoms with E-state index in [9.17, 15) is 9.59 Å². The summed E-state index contributed by atoms with van der Waals surface area (Å²) in [6.07, 6.45) is -0.686. The summed E-state index contributed by atoms with van der Waals surface area (Å²) in [5.41, 5.74) is -0.666. The molecule has 0 aliphatic heterocycles. The van der Waals surface area contributed by atoms with Crippen LogP contribution in [0, 0.1) is 11.8 Å². The third kappa shape index (κ3) is 5.41. The van der Waals surface area contributed by atoms with Gasteiger partial charge in [0.15, 0.2) is 10.8 Å². The number of aliphatic hydroxyl groups excluding tert-OH is 1. The van der Waals surface area contributed by atoms with E-state index in [1.807, 2.05) is 0 Å². The van der Waals surface area contributed by atoms with Crippen LogP contribution in [0.3, 0.4) is 0 Å². The Morgan fingerprint density at radius 1 is 1.43 bits per heavy atom. The lowest BCUT2D eigenvalue weighted by Gasteiger charge is -2.18. The smallest absolute Gasteiger partial charge is 0.413 e. The van der Waals surface area contributed by atoms with Gasteiger partial charge in [-0.15, -0.1) is 0 Å². The van der Waals surface area contributed by atoms with E-state index in [1.54, 1.807) is 20.8 Å². The van der Waals surface area contributed by atoms with E-state index in [1.165, 1.54) is 7.11 Å². The van der Waals surface area contributed by atoms with Gasteiger partial charge in [0.25, 0.3) is 0 Å². The van der Waals surface area contributed by atoms with Gasteiger partial charge in [-0.05, 0) is 20.8 Å². The second kappa shape index (κ2) is 7.06. The summed E-state index contributed by atoms with van der Waals surface area (Å²) in [6, 6.07) is 0. The predicted octanol–water partition coefficient (Wildman–Crippen LogP) is 1.62. The van der Waals surface area contributed by atoms with Gasteiger partial charge in [-0.25, -0.2) is 14.6 Å². The number of anilines is 1. The van der Waals surface area contributed by atoms with E-state index in [0.29, 0.717) is 4.88 Å². The largest absolute Gasteiger partial charge is 0.464 e. The Labute approximate surface area is 126 Å². The maximum absolute atomic E-state index is 11.6. The monoisotopic (exact) mass is 312 g/mol. The fourth-order valence-corrected chi connectivity index (χ4v) is 2.02. The van der Waals surface area contributed by atoms with E-state index in [4.69, 9.17) is 9.84 Å². The average Bonchev–Trinajstić information content (AvgIpc) is 2.75. The first-order valence-corrected chi connectivity index (χ1v) is 6.77. The molecular formula is C13H16N2O5S. The van der Waals surface area contributed by atoms with Crippen LogP contribution in [0.5, 0.6) is 0 Å². The molecule has 0 aromatic carbocycles. The number of carbonyl (C=O) groups is 2. The SMILES string of the molecule is COC(=O)c1nc(NC(=O)OC(C)(C)C)sc1C#CCO. The van der Waals surface area contributed by atoms with Crippen LogP contribution in [-0.4, -0.2) is 41.5 Å². The maximum Gasteiger partial charge on any atom is 0.413 e. The number of hydrogen-bond donors (Lipinski definition) is 2. The number of amides is 1. The average molecular weight is 312 g/mol. The van der Waals surface area contributed by atoms with Gasteiger partial charge in [0.2, 0.25) is 0 Å². The van der Waals surface area contributed by atoms with Crippen LogP contribution < -0.4 is 5.32 Å². The number of thiazole rings is 1. The van der Waals surface area contributed by atoms with Crippen LogP contribution in [-0.2, 0) is 9.47 Å². The Bertz CT molecular complexity index is 592. The first-order valence-electron chi connectivity index (χ1n) is 5.95. The second-order valence-corrected chi connectivity index (χ2v) is 5.77.